The summed E-state index contributed by atoms with van der Waals surface area (Å²) >= 11 is 6.20. The monoisotopic (exact) mass is 224 g/mol. The Kier molecular flexibility index (Phi) is 5.08. The molecule has 1 aliphatic rings. The molecule has 0 unspecified atom stereocenters. The van der Waals surface area contributed by atoms with Gasteiger partial charge in [-0.25, -0.2) is 9.48 Å². The van der Waals surface area contributed by atoms with Crippen LogP contribution < -0.4 is 12.4 Å². The summed E-state index contributed by atoms with van der Waals surface area (Å²) in [7, 11) is 0. The molecule has 0 fully saturated rings. The normalized spacial score (nSPS) is 17.3. The SMILES string of the molecule is CC(C)N1CC[N+](C(C)C)=C1Cl.[Cl-]. The molecule has 1 aliphatic heterocycles. The summed E-state index contributed by atoms with van der Waals surface area (Å²) in [5.74, 6) is 0. The van der Waals surface area contributed by atoms with E-state index in [0.29, 0.717) is 12.1 Å². The molecule has 2 nitrogen and oxygen atoms in total. The molecular weight excluding hydrogens is 207 g/mol. The molecule has 0 atom stereocenters. The van der Waals surface area contributed by atoms with Gasteiger partial charge in [-0.1, -0.05) is 0 Å². The second-order valence-corrected chi connectivity index (χ2v) is 4.18. The maximum atomic E-state index is 6.20. The molecule has 4 heteroatoms. The molecule has 0 radical (unpaired) electrons. The highest BCUT2D eigenvalue weighted by Gasteiger charge is 2.31. The lowest BCUT2D eigenvalue weighted by Crippen LogP contribution is -3.00. The van der Waals surface area contributed by atoms with E-state index in [1.54, 1.807) is 0 Å². The number of rotatable bonds is 2. The third-order valence-electron chi connectivity index (χ3n) is 2.30. The Balaban J connectivity index is 0.00000144. The first-order chi connectivity index (χ1) is 5.54. The highest BCUT2D eigenvalue weighted by Crippen LogP contribution is 2.11. The average Bonchev–Trinajstić information content (AvgIpc) is 2.30. The van der Waals surface area contributed by atoms with Crippen LogP contribution in [0.2, 0.25) is 0 Å². The van der Waals surface area contributed by atoms with Gasteiger partial charge in [0.2, 0.25) is 0 Å². The van der Waals surface area contributed by atoms with Crippen LogP contribution in [0.1, 0.15) is 27.7 Å². The average molecular weight is 225 g/mol. The van der Waals surface area contributed by atoms with E-state index in [0.717, 1.165) is 18.4 Å². The van der Waals surface area contributed by atoms with E-state index < -0.39 is 0 Å². The van der Waals surface area contributed by atoms with Crippen molar-refractivity contribution in [3.63, 3.8) is 0 Å². The van der Waals surface area contributed by atoms with Gasteiger partial charge in [0.1, 0.15) is 13.1 Å². The number of halogens is 2. The van der Waals surface area contributed by atoms with Crippen molar-refractivity contribution in [3.8, 4) is 0 Å². The predicted molar refractivity (Wildman–Crippen MR) is 53.0 cm³/mol. The summed E-state index contributed by atoms with van der Waals surface area (Å²) < 4.78 is 2.24. The topological polar surface area (TPSA) is 6.25 Å². The van der Waals surface area contributed by atoms with Crippen LogP contribution in [0.3, 0.4) is 0 Å². The van der Waals surface area contributed by atoms with Gasteiger partial charge in [0.05, 0.1) is 12.1 Å². The second-order valence-electron chi connectivity index (χ2n) is 3.84. The van der Waals surface area contributed by atoms with Crippen molar-refractivity contribution in [1.82, 2.24) is 4.90 Å². The summed E-state index contributed by atoms with van der Waals surface area (Å²) in [6, 6.07) is 1.03. The summed E-state index contributed by atoms with van der Waals surface area (Å²) in [4.78, 5) is 2.24. The van der Waals surface area contributed by atoms with E-state index in [1.165, 1.54) is 0 Å². The number of nitrogens with zero attached hydrogens (tertiary/aromatic N) is 2. The largest absolute Gasteiger partial charge is 1.00 e. The minimum Gasteiger partial charge on any atom is -1.00 e. The van der Waals surface area contributed by atoms with E-state index >= 15 is 0 Å². The second kappa shape index (κ2) is 5.06. The molecule has 0 spiro atoms. The lowest BCUT2D eigenvalue weighted by atomic mass is 10.3. The Bertz CT molecular complexity index is 200. The van der Waals surface area contributed by atoms with Crippen LogP contribution in [0.25, 0.3) is 0 Å². The van der Waals surface area contributed by atoms with Crippen molar-refractivity contribution in [2.75, 3.05) is 13.1 Å². The molecule has 0 N–H and O–H groups in total. The molecule has 0 aromatic heterocycles. The maximum Gasteiger partial charge on any atom is 0.345 e. The fraction of sp³-hybridized carbons (Fsp3) is 0.889. The Morgan fingerprint density at radius 3 is 2.08 bits per heavy atom. The summed E-state index contributed by atoms with van der Waals surface area (Å²) in [6.45, 7) is 10.8. The minimum absolute atomic E-state index is 0. The summed E-state index contributed by atoms with van der Waals surface area (Å²) in [6.07, 6.45) is 0. The molecule has 1 rings (SSSR count). The molecule has 0 amide bonds. The zero-order chi connectivity index (χ0) is 9.30. The Labute approximate surface area is 92.0 Å². The van der Waals surface area contributed by atoms with Gasteiger partial charge < -0.3 is 12.4 Å². The Morgan fingerprint density at radius 2 is 1.85 bits per heavy atom. The Morgan fingerprint density at radius 1 is 1.31 bits per heavy atom. The Hall–Kier alpha value is 0.0500. The highest BCUT2D eigenvalue weighted by molar-refractivity contribution is 6.63. The first-order valence-electron chi connectivity index (χ1n) is 4.59. The first-order valence-corrected chi connectivity index (χ1v) is 4.97. The summed E-state index contributed by atoms with van der Waals surface area (Å²) in [5.41, 5.74) is 0. The molecule has 78 valence electrons. The van der Waals surface area contributed by atoms with Crippen LogP contribution in [-0.2, 0) is 0 Å². The van der Waals surface area contributed by atoms with Crippen molar-refractivity contribution in [2.45, 2.75) is 39.8 Å². The first kappa shape index (κ1) is 13.1. The highest BCUT2D eigenvalue weighted by atomic mass is 35.5. The minimum atomic E-state index is 0. The van der Waals surface area contributed by atoms with Gasteiger partial charge in [-0.3, -0.25) is 0 Å². The zero-order valence-electron chi connectivity index (χ0n) is 8.72. The van der Waals surface area contributed by atoms with E-state index in [4.69, 9.17) is 11.6 Å². The number of hydrogen-bond acceptors (Lipinski definition) is 1. The fourth-order valence-electron chi connectivity index (χ4n) is 1.51. The van der Waals surface area contributed by atoms with Gasteiger partial charge in [-0.15, -0.1) is 0 Å². The number of amidine groups is 1. The van der Waals surface area contributed by atoms with Crippen LogP contribution in [0.15, 0.2) is 0 Å². The molecule has 0 aromatic carbocycles. The van der Waals surface area contributed by atoms with Crippen LogP contribution in [0, 0.1) is 0 Å². The van der Waals surface area contributed by atoms with Crippen LogP contribution in [0.5, 0.6) is 0 Å². The van der Waals surface area contributed by atoms with E-state index in [-0.39, 0.29) is 12.4 Å². The van der Waals surface area contributed by atoms with E-state index in [2.05, 4.69) is 37.2 Å². The molecule has 0 saturated carbocycles. The van der Waals surface area contributed by atoms with Gasteiger partial charge in [0, 0.05) is 11.6 Å². The van der Waals surface area contributed by atoms with Crippen molar-refractivity contribution in [3.05, 3.63) is 0 Å². The molecule has 0 bridgehead atoms. The fourth-order valence-corrected chi connectivity index (χ4v) is 2.07. The van der Waals surface area contributed by atoms with Crippen molar-refractivity contribution < 1.29 is 17.0 Å². The van der Waals surface area contributed by atoms with Crippen molar-refractivity contribution in [1.29, 1.82) is 0 Å². The van der Waals surface area contributed by atoms with Crippen molar-refractivity contribution in [2.24, 2.45) is 0 Å². The van der Waals surface area contributed by atoms with Crippen LogP contribution >= 0.6 is 11.6 Å². The van der Waals surface area contributed by atoms with Gasteiger partial charge in [-0.05, 0) is 27.7 Å². The molecule has 0 aromatic rings. The zero-order valence-corrected chi connectivity index (χ0v) is 10.2. The maximum absolute atomic E-state index is 6.20. The van der Waals surface area contributed by atoms with Gasteiger partial charge in [-0.2, -0.15) is 0 Å². The van der Waals surface area contributed by atoms with Crippen LogP contribution in [0.4, 0.5) is 0 Å². The quantitative estimate of drug-likeness (QED) is 0.419. The van der Waals surface area contributed by atoms with Gasteiger partial charge in [0.15, 0.2) is 0 Å². The smallest absolute Gasteiger partial charge is 0.345 e. The molecule has 0 aliphatic carbocycles. The third-order valence-corrected chi connectivity index (χ3v) is 2.74. The molecule has 1 heterocycles. The lowest BCUT2D eigenvalue weighted by Gasteiger charge is -2.13. The standard InChI is InChI=1S/C9H18ClN2.ClH/c1-7(2)11-5-6-12(8(3)4)9(11)10;/h7-8H,5-6H2,1-4H3;1H/q+1;/p-1. The lowest BCUT2D eigenvalue weighted by molar-refractivity contribution is -0.547. The number of hydrogen-bond donors (Lipinski definition) is 0. The van der Waals surface area contributed by atoms with E-state index in [9.17, 15) is 0 Å². The van der Waals surface area contributed by atoms with Gasteiger partial charge in [0.25, 0.3) is 0 Å². The summed E-state index contributed by atoms with van der Waals surface area (Å²) in [5, 5.41) is 0.917. The molecule has 13 heavy (non-hydrogen) atoms. The van der Waals surface area contributed by atoms with E-state index in [1.807, 2.05) is 0 Å². The van der Waals surface area contributed by atoms with Crippen molar-refractivity contribution >= 4 is 16.9 Å². The predicted octanol–water partition coefficient (Wildman–Crippen LogP) is -1.27. The molecular formula is C9H18Cl2N2. The third kappa shape index (κ3) is 2.75. The van der Waals surface area contributed by atoms with Crippen LogP contribution in [-0.4, -0.2) is 39.9 Å². The van der Waals surface area contributed by atoms with Gasteiger partial charge >= 0.3 is 5.29 Å². The molecule has 0 saturated heterocycles.